The van der Waals surface area contributed by atoms with E-state index in [0.29, 0.717) is 6.54 Å². The molecule has 0 aromatic heterocycles. The third-order valence-corrected chi connectivity index (χ3v) is 5.19. The smallest absolute Gasteiger partial charge is 0.407 e. The lowest BCUT2D eigenvalue weighted by molar-refractivity contribution is -0.140. The number of hydrogen-bond donors (Lipinski definition) is 4. The Hall–Kier alpha value is -3.92. The van der Waals surface area contributed by atoms with Gasteiger partial charge in [0.05, 0.1) is 0 Å². The lowest BCUT2D eigenvalue weighted by Gasteiger charge is -2.25. The zero-order valence-corrected chi connectivity index (χ0v) is 20.8. The van der Waals surface area contributed by atoms with Crippen molar-refractivity contribution in [1.29, 1.82) is 0 Å². The molecule has 0 aliphatic heterocycles. The summed E-state index contributed by atoms with van der Waals surface area (Å²) in [5.41, 5.74) is 4.79. The molecule has 0 saturated carbocycles. The van der Waals surface area contributed by atoms with Crippen LogP contribution in [0.3, 0.4) is 0 Å². The summed E-state index contributed by atoms with van der Waals surface area (Å²) >= 11 is 0. The van der Waals surface area contributed by atoms with Crippen LogP contribution < -0.4 is 16.1 Å². The Bertz CT molecular complexity index is 1080. The van der Waals surface area contributed by atoms with Crippen molar-refractivity contribution in [1.82, 2.24) is 21.0 Å². The van der Waals surface area contributed by atoms with Crippen molar-refractivity contribution in [3.63, 3.8) is 0 Å². The van der Waals surface area contributed by atoms with Crippen molar-refractivity contribution in [2.75, 3.05) is 14.1 Å². The van der Waals surface area contributed by atoms with Gasteiger partial charge in [-0.3, -0.25) is 19.6 Å². The number of hydrogen-bond acceptors (Lipinski definition) is 6. The first-order chi connectivity index (χ1) is 16.4. The standard InChI is InChI=1S/C25H32N4O6/c1-15-13-18(11-12-19(15)14-27-24(33)35-25(2,3)4)16-7-9-17(10-8-16)23(32)29(6)20(21(30)26-5)22(31)28-34/h7-13,20,34H,14H2,1-6H3,(H,26,30)(H,27,33)(H,28,31). The van der Waals surface area contributed by atoms with Crippen LogP contribution in [-0.2, 0) is 20.9 Å². The third-order valence-electron chi connectivity index (χ3n) is 5.19. The molecule has 2 aromatic carbocycles. The largest absolute Gasteiger partial charge is 0.444 e. The van der Waals surface area contributed by atoms with E-state index >= 15 is 0 Å². The van der Waals surface area contributed by atoms with Gasteiger partial charge in [-0.05, 0) is 62.1 Å². The van der Waals surface area contributed by atoms with Crippen LogP contribution in [0.4, 0.5) is 4.79 Å². The Labute approximate surface area is 204 Å². The highest BCUT2D eigenvalue weighted by Crippen LogP contribution is 2.23. The third kappa shape index (κ3) is 7.28. The summed E-state index contributed by atoms with van der Waals surface area (Å²) in [6.07, 6.45) is -0.485. The predicted molar refractivity (Wildman–Crippen MR) is 130 cm³/mol. The van der Waals surface area contributed by atoms with E-state index in [1.54, 1.807) is 45.0 Å². The number of aryl methyl sites for hydroxylation is 1. The summed E-state index contributed by atoms with van der Waals surface area (Å²) in [4.78, 5) is 49.6. The second kappa shape index (κ2) is 11.5. The summed E-state index contributed by atoms with van der Waals surface area (Å²) in [5.74, 6) is -2.32. The molecular weight excluding hydrogens is 452 g/mol. The lowest BCUT2D eigenvalue weighted by Crippen LogP contribution is -2.54. The Morgan fingerprint density at radius 3 is 2.11 bits per heavy atom. The van der Waals surface area contributed by atoms with E-state index < -0.39 is 35.5 Å². The van der Waals surface area contributed by atoms with E-state index in [2.05, 4.69) is 10.6 Å². The maximum atomic E-state index is 12.8. The molecule has 35 heavy (non-hydrogen) atoms. The minimum atomic E-state index is -1.53. The van der Waals surface area contributed by atoms with Crippen LogP contribution in [0.1, 0.15) is 42.3 Å². The average molecular weight is 485 g/mol. The summed E-state index contributed by atoms with van der Waals surface area (Å²) in [7, 11) is 2.63. The Morgan fingerprint density at radius 2 is 1.60 bits per heavy atom. The van der Waals surface area contributed by atoms with E-state index in [1.165, 1.54) is 19.6 Å². The van der Waals surface area contributed by atoms with E-state index in [0.717, 1.165) is 27.2 Å². The molecule has 4 amide bonds. The van der Waals surface area contributed by atoms with E-state index in [1.807, 2.05) is 25.1 Å². The van der Waals surface area contributed by atoms with Crippen LogP contribution in [0.25, 0.3) is 11.1 Å². The monoisotopic (exact) mass is 484 g/mol. The van der Waals surface area contributed by atoms with Crippen LogP contribution in [-0.4, -0.2) is 59.7 Å². The van der Waals surface area contributed by atoms with Crippen molar-refractivity contribution in [3.05, 3.63) is 59.2 Å². The molecule has 0 aliphatic rings. The van der Waals surface area contributed by atoms with E-state index in [4.69, 9.17) is 9.94 Å². The zero-order chi connectivity index (χ0) is 26.3. The molecule has 0 saturated heterocycles. The van der Waals surface area contributed by atoms with Crippen molar-refractivity contribution in [3.8, 4) is 11.1 Å². The highest BCUT2D eigenvalue weighted by Gasteiger charge is 2.33. The van der Waals surface area contributed by atoms with E-state index in [9.17, 15) is 19.2 Å². The van der Waals surface area contributed by atoms with Crippen molar-refractivity contribution in [2.24, 2.45) is 0 Å². The van der Waals surface area contributed by atoms with Crippen molar-refractivity contribution >= 4 is 23.8 Å². The second-order valence-corrected chi connectivity index (χ2v) is 8.98. The van der Waals surface area contributed by atoms with Gasteiger partial charge in [0.15, 0.2) is 6.04 Å². The van der Waals surface area contributed by atoms with Gasteiger partial charge in [-0.1, -0.05) is 30.3 Å². The molecule has 0 heterocycles. The highest BCUT2D eigenvalue weighted by molar-refractivity contribution is 6.08. The number of carbonyl (C=O) groups excluding carboxylic acids is 4. The minimum absolute atomic E-state index is 0.269. The maximum Gasteiger partial charge on any atom is 0.407 e. The van der Waals surface area contributed by atoms with Gasteiger partial charge in [-0.2, -0.15) is 0 Å². The molecular formula is C25H32N4O6. The Morgan fingerprint density at radius 1 is 1.00 bits per heavy atom. The molecule has 0 aliphatic carbocycles. The first-order valence-corrected chi connectivity index (χ1v) is 11.0. The van der Waals surface area contributed by atoms with Gasteiger partial charge in [0.1, 0.15) is 5.60 Å². The summed E-state index contributed by atoms with van der Waals surface area (Å²) in [6.45, 7) is 7.67. The van der Waals surface area contributed by atoms with Crippen LogP contribution in [0.15, 0.2) is 42.5 Å². The van der Waals surface area contributed by atoms with Gasteiger partial charge in [0, 0.05) is 26.2 Å². The minimum Gasteiger partial charge on any atom is -0.444 e. The number of ether oxygens (including phenoxy) is 1. The number of likely N-dealkylation sites (N-methyl/N-ethyl adjacent to an activating group) is 2. The van der Waals surface area contributed by atoms with Gasteiger partial charge in [-0.25, -0.2) is 10.3 Å². The summed E-state index contributed by atoms with van der Waals surface area (Å²) in [5, 5.41) is 14.0. The fourth-order valence-electron chi connectivity index (χ4n) is 3.35. The molecule has 2 aromatic rings. The average Bonchev–Trinajstić information content (AvgIpc) is 2.81. The number of nitrogens with one attached hydrogen (secondary N) is 3. The van der Waals surface area contributed by atoms with Crippen molar-refractivity contribution in [2.45, 2.75) is 45.9 Å². The number of hydroxylamine groups is 1. The maximum absolute atomic E-state index is 12.8. The van der Waals surface area contributed by atoms with Gasteiger partial charge in [-0.15, -0.1) is 0 Å². The molecule has 188 valence electrons. The SMILES string of the molecule is CNC(=O)C(C(=O)NO)N(C)C(=O)c1ccc(-c2ccc(CNC(=O)OC(C)(C)C)c(C)c2)cc1. The van der Waals surface area contributed by atoms with Crippen LogP contribution in [0.5, 0.6) is 0 Å². The number of alkyl carbamates (subject to hydrolysis) is 1. The first-order valence-electron chi connectivity index (χ1n) is 11.0. The predicted octanol–water partition coefficient (Wildman–Crippen LogP) is 2.38. The summed E-state index contributed by atoms with van der Waals surface area (Å²) in [6, 6.07) is 11.0. The second-order valence-electron chi connectivity index (χ2n) is 8.98. The number of benzene rings is 2. The van der Waals surface area contributed by atoms with Gasteiger partial charge in [0.2, 0.25) is 0 Å². The van der Waals surface area contributed by atoms with Gasteiger partial charge in [0.25, 0.3) is 17.7 Å². The van der Waals surface area contributed by atoms with Gasteiger partial charge >= 0.3 is 6.09 Å². The molecule has 1 unspecified atom stereocenters. The number of carbonyl (C=O) groups is 4. The van der Waals surface area contributed by atoms with E-state index in [-0.39, 0.29) is 5.56 Å². The van der Waals surface area contributed by atoms with Crippen LogP contribution in [0.2, 0.25) is 0 Å². The molecule has 2 rings (SSSR count). The molecule has 0 radical (unpaired) electrons. The summed E-state index contributed by atoms with van der Waals surface area (Å²) < 4.78 is 5.26. The Kier molecular flexibility index (Phi) is 8.96. The lowest BCUT2D eigenvalue weighted by atomic mass is 9.98. The molecule has 0 bridgehead atoms. The number of rotatable bonds is 7. The molecule has 10 heteroatoms. The zero-order valence-electron chi connectivity index (χ0n) is 20.8. The number of nitrogens with zero attached hydrogens (tertiary/aromatic N) is 1. The number of amides is 4. The van der Waals surface area contributed by atoms with Crippen LogP contribution in [0, 0.1) is 6.92 Å². The normalized spacial score (nSPS) is 11.7. The molecule has 0 fully saturated rings. The molecule has 10 nitrogen and oxygen atoms in total. The molecule has 0 spiro atoms. The highest BCUT2D eigenvalue weighted by atomic mass is 16.6. The quantitative estimate of drug-likeness (QED) is 0.271. The fourth-order valence-corrected chi connectivity index (χ4v) is 3.35. The fraction of sp³-hybridized carbons (Fsp3) is 0.360. The Balaban J connectivity index is 2.14. The first kappa shape index (κ1) is 27.3. The molecule has 1 atom stereocenters. The van der Waals surface area contributed by atoms with Crippen LogP contribution >= 0.6 is 0 Å². The topological polar surface area (TPSA) is 137 Å². The van der Waals surface area contributed by atoms with Gasteiger partial charge < -0.3 is 20.3 Å². The van der Waals surface area contributed by atoms with Crippen molar-refractivity contribution < 1.29 is 29.1 Å². The molecule has 4 N–H and O–H groups in total.